The number of carbonyl (C=O) groups excluding carboxylic acids is 1. The number of amides is 1. The highest BCUT2D eigenvalue weighted by Crippen LogP contribution is 2.16. The lowest BCUT2D eigenvalue weighted by Crippen LogP contribution is -2.32. The van der Waals surface area contributed by atoms with Crippen molar-refractivity contribution in [3.05, 3.63) is 65.7 Å². The SMILES string of the molecule is NCCCN(Cc1ccccc1)C(=O)CCc1ccc(OC(F)F)cc1. The van der Waals surface area contributed by atoms with E-state index in [2.05, 4.69) is 4.74 Å². The highest BCUT2D eigenvalue weighted by molar-refractivity contribution is 5.76. The standard InChI is InChI=1S/C20H24F2N2O2/c21-20(22)26-18-10-7-16(8-11-18)9-12-19(25)24(14-4-13-23)15-17-5-2-1-3-6-17/h1-3,5-8,10-11,20H,4,9,12-15,23H2. The van der Waals surface area contributed by atoms with Gasteiger partial charge in [0.05, 0.1) is 0 Å². The van der Waals surface area contributed by atoms with Crippen LogP contribution in [0.25, 0.3) is 0 Å². The van der Waals surface area contributed by atoms with Crippen LogP contribution in [0.5, 0.6) is 5.75 Å². The molecular formula is C20H24F2N2O2. The Labute approximate surface area is 152 Å². The van der Waals surface area contributed by atoms with Crippen molar-refractivity contribution >= 4 is 5.91 Å². The Bertz CT molecular complexity index is 663. The van der Waals surface area contributed by atoms with Crippen molar-refractivity contribution in [2.24, 2.45) is 5.73 Å². The smallest absolute Gasteiger partial charge is 0.387 e. The van der Waals surface area contributed by atoms with Gasteiger partial charge in [-0.25, -0.2) is 0 Å². The number of ether oxygens (including phenoxy) is 1. The summed E-state index contributed by atoms with van der Waals surface area (Å²) < 4.78 is 28.6. The molecule has 0 unspecified atom stereocenters. The predicted octanol–water partition coefficient (Wildman–Crippen LogP) is 3.60. The van der Waals surface area contributed by atoms with Crippen molar-refractivity contribution in [3.63, 3.8) is 0 Å². The Morgan fingerprint density at radius 1 is 1.04 bits per heavy atom. The minimum absolute atomic E-state index is 0.0511. The molecule has 6 heteroatoms. The molecule has 0 aliphatic carbocycles. The van der Waals surface area contributed by atoms with E-state index >= 15 is 0 Å². The minimum atomic E-state index is -2.84. The summed E-state index contributed by atoms with van der Waals surface area (Å²) in [6.45, 7) is -1.13. The maximum Gasteiger partial charge on any atom is 0.387 e. The van der Waals surface area contributed by atoms with Crippen LogP contribution in [0.2, 0.25) is 0 Å². The molecule has 0 spiro atoms. The quantitative estimate of drug-likeness (QED) is 0.703. The van der Waals surface area contributed by atoms with E-state index in [4.69, 9.17) is 5.73 Å². The minimum Gasteiger partial charge on any atom is -0.435 e. The van der Waals surface area contributed by atoms with Gasteiger partial charge >= 0.3 is 6.61 Å². The summed E-state index contributed by atoms with van der Waals surface area (Å²) in [6.07, 6.45) is 1.65. The normalized spacial score (nSPS) is 10.8. The van der Waals surface area contributed by atoms with Gasteiger partial charge in [-0.05, 0) is 42.6 Å². The van der Waals surface area contributed by atoms with Gasteiger partial charge in [-0.2, -0.15) is 8.78 Å². The zero-order valence-corrected chi connectivity index (χ0v) is 14.6. The second-order valence-corrected chi connectivity index (χ2v) is 5.97. The molecule has 140 valence electrons. The largest absolute Gasteiger partial charge is 0.435 e. The number of hydrogen-bond donors (Lipinski definition) is 1. The van der Waals surface area contributed by atoms with Crippen LogP contribution in [0.3, 0.4) is 0 Å². The third-order valence-electron chi connectivity index (χ3n) is 3.98. The predicted molar refractivity (Wildman–Crippen MR) is 96.9 cm³/mol. The van der Waals surface area contributed by atoms with E-state index in [1.165, 1.54) is 12.1 Å². The fraction of sp³-hybridized carbons (Fsp3) is 0.350. The monoisotopic (exact) mass is 362 g/mol. The molecule has 2 aromatic carbocycles. The number of hydrogen-bond acceptors (Lipinski definition) is 3. The van der Waals surface area contributed by atoms with Crippen molar-refractivity contribution in [1.82, 2.24) is 4.90 Å². The van der Waals surface area contributed by atoms with Crippen LogP contribution in [0.1, 0.15) is 24.0 Å². The lowest BCUT2D eigenvalue weighted by molar-refractivity contribution is -0.131. The van der Waals surface area contributed by atoms with Crippen LogP contribution >= 0.6 is 0 Å². The topological polar surface area (TPSA) is 55.6 Å². The van der Waals surface area contributed by atoms with Gasteiger partial charge in [0.25, 0.3) is 0 Å². The Hall–Kier alpha value is -2.47. The Kier molecular flexibility index (Phi) is 8.02. The molecule has 0 aliphatic rings. The van der Waals surface area contributed by atoms with Crippen molar-refractivity contribution in [3.8, 4) is 5.75 Å². The van der Waals surface area contributed by atoms with Crippen molar-refractivity contribution in [2.45, 2.75) is 32.4 Å². The lowest BCUT2D eigenvalue weighted by atomic mass is 10.1. The van der Waals surface area contributed by atoms with Crippen LogP contribution < -0.4 is 10.5 Å². The van der Waals surface area contributed by atoms with E-state index in [0.717, 1.165) is 17.5 Å². The summed E-state index contributed by atoms with van der Waals surface area (Å²) in [5, 5.41) is 0. The second kappa shape index (κ2) is 10.5. The van der Waals surface area contributed by atoms with Gasteiger partial charge in [0.15, 0.2) is 0 Å². The molecule has 2 rings (SSSR count). The first-order valence-corrected chi connectivity index (χ1v) is 8.64. The molecule has 0 saturated carbocycles. The Morgan fingerprint density at radius 2 is 1.73 bits per heavy atom. The number of nitrogens with two attached hydrogens (primary N) is 1. The fourth-order valence-corrected chi connectivity index (χ4v) is 2.62. The maximum atomic E-state index is 12.6. The summed E-state index contributed by atoms with van der Waals surface area (Å²) in [7, 11) is 0. The average molecular weight is 362 g/mol. The second-order valence-electron chi connectivity index (χ2n) is 5.97. The Balaban J connectivity index is 1.91. The van der Waals surface area contributed by atoms with E-state index < -0.39 is 6.61 Å². The number of halogens is 2. The Morgan fingerprint density at radius 3 is 2.35 bits per heavy atom. The van der Waals surface area contributed by atoms with E-state index in [1.54, 1.807) is 12.1 Å². The number of rotatable bonds is 10. The summed E-state index contributed by atoms with van der Waals surface area (Å²) in [5.74, 6) is 0.166. The average Bonchev–Trinajstić information content (AvgIpc) is 2.64. The first-order chi connectivity index (χ1) is 12.6. The highest BCUT2D eigenvalue weighted by Gasteiger charge is 2.14. The molecule has 0 radical (unpaired) electrons. The number of carbonyl (C=O) groups is 1. The number of benzene rings is 2. The van der Waals surface area contributed by atoms with Crippen LogP contribution in [0, 0.1) is 0 Å². The zero-order valence-electron chi connectivity index (χ0n) is 14.6. The van der Waals surface area contributed by atoms with Crippen LogP contribution in [-0.2, 0) is 17.8 Å². The molecule has 26 heavy (non-hydrogen) atoms. The van der Waals surface area contributed by atoms with Gasteiger partial charge < -0.3 is 15.4 Å². The van der Waals surface area contributed by atoms with Gasteiger partial charge in [-0.1, -0.05) is 42.5 Å². The first-order valence-electron chi connectivity index (χ1n) is 8.64. The lowest BCUT2D eigenvalue weighted by Gasteiger charge is -2.23. The molecule has 4 nitrogen and oxygen atoms in total. The zero-order chi connectivity index (χ0) is 18.8. The maximum absolute atomic E-state index is 12.6. The molecule has 0 bridgehead atoms. The summed E-state index contributed by atoms with van der Waals surface area (Å²) in [6, 6.07) is 16.2. The number of alkyl halides is 2. The van der Waals surface area contributed by atoms with Gasteiger partial charge in [-0.3, -0.25) is 4.79 Å². The molecule has 0 atom stereocenters. The van der Waals surface area contributed by atoms with Gasteiger partial charge in [0.1, 0.15) is 5.75 Å². The van der Waals surface area contributed by atoms with Gasteiger partial charge in [-0.15, -0.1) is 0 Å². The number of aryl methyl sites for hydroxylation is 1. The van der Waals surface area contributed by atoms with Crippen LogP contribution in [0.15, 0.2) is 54.6 Å². The molecule has 0 fully saturated rings. The van der Waals surface area contributed by atoms with Crippen molar-refractivity contribution < 1.29 is 18.3 Å². The van der Waals surface area contributed by atoms with Gasteiger partial charge in [0.2, 0.25) is 5.91 Å². The highest BCUT2D eigenvalue weighted by atomic mass is 19.3. The van der Waals surface area contributed by atoms with E-state index in [-0.39, 0.29) is 11.7 Å². The molecule has 2 N–H and O–H groups in total. The third-order valence-corrected chi connectivity index (χ3v) is 3.98. The molecule has 0 saturated heterocycles. The molecule has 0 aliphatic heterocycles. The van der Waals surface area contributed by atoms with Crippen LogP contribution in [0.4, 0.5) is 8.78 Å². The third kappa shape index (κ3) is 6.80. The molecule has 2 aromatic rings. The summed E-state index contributed by atoms with van der Waals surface area (Å²) in [5.41, 5.74) is 7.56. The van der Waals surface area contributed by atoms with Gasteiger partial charge in [0, 0.05) is 19.5 Å². The molecule has 1 amide bonds. The molecule has 0 heterocycles. The van der Waals surface area contributed by atoms with Crippen molar-refractivity contribution in [1.29, 1.82) is 0 Å². The van der Waals surface area contributed by atoms with E-state index in [0.29, 0.717) is 32.5 Å². The van der Waals surface area contributed by atoms with E-state index in [9.17, 15) is 13.6 Å². The van der Waals surface area contributed by atoms with E-state index in [1.807, 2.05) is 35.2 Å². The molecular weight excluding hydrogens is 338 g/mol. The number of nitrogens with zero attached hydrogens (tertiary/aromatic N) is 1. The first kappa shape index (κ1) is 19.8. The fourth-order valence-electron chi connectivity index (χ4n) is 2.62. The summed E-state index contributed by atoms with van der Waals surface area (Å²) in [4.78, 5) is 14.4. The molecule has 0 aromatic heterocycles. The van der Waals surface area contributed by atoms with Crippen LogP contribution in [-0.4, -0.2) is 30.5 Å². The van der Waals surface area contributed by atoms with Crippen molar-refractivity contribution in [2.75, 3.05) is 13.1 Å². The summed E-state index contributed by atoms with van der Waals surface area (Å²) >= 11 is 0.